The van der Waals surface area contributed by atoms with Gasteiger partial charge in [0.15, 0.2) is 0 Å². The topological polar surface area (TPSA) is 40.2 Å². The van der Waals surface area contributed by atoms with E-state index in [0.29, 0.717) is 0 Å². The van der Waals surface area contributed by atoms with Crippen LogP contribution >= 0.6 is 0 Å². The number of nitrogens with one attached hydrogen (secondary N) is 1. The molecule has 0 fully saturated rings. The molecule has 0 atom stereocenters. The van der Waals surface area contributed by atoms with Gasteiger partial charge in [0.05, 0.1) is 0 Å². The van der Waals surface area contributed by atoms with Gasteiger partial charge in [0.25, 0.3) is 0 Å². The Labute approximate surface area is 185 Å². The van der Waals surface area contributed by atoms with Crippen LogP contribution in [-0.4, -0.2) is 13.8 Å². The minimum absolute atomic E-state index is 0.750. The van der Waals surface area contributed by atoms with Gasteiger partial charge in [-0.1, -0.05) is 73.7 Å². The Bertz CT molecular complexity index is 912. The summed E-state index contributed by atoms with van der Waals surface area (Å²) in [5, 5.41) is 0. The van der Waals surface area contributed by atoms with Gasteiger partial charge in [-0.05, 0) is 41.9 Å². The molecule has 0 aliphatic rings. The first-order chi connectivity index (χ1) is 15.3. The second kappa shape index (κ2) is 12.4. The Hall–Kier alpha value is -3.45. The highest BCUT2D eigenvalue weighted by atomic mass is 19.5. The molecule has 0 spiro atoms. The molecule has 4 aromatic rings. The molecule has 3 aromatic carbocycles. The van der Waals surface area contributed by atoms with Crippen molar-refractivity contribution in [2.75, 3.05) is 6.54 Å². The van der Waals surface area contributed by atoms with Crippen molar-refractivity contribution in [3.63, 3.8) is 0 Å². The molecule has 0 amide bonds. The molecule has 4 rings (SSSR count). The number of H-pyrrole nitrogens is 1. The van der Waals surface area contributed by atoms with E-state index in [0.717, 1.165) is 17.9 Å². The fourth-order valence-corrected chi connectivity index (χ4v) is 2.91. The summed E-state index contributed by atoms with van der Waals surface area (Å²) in [4.78, 5) is 3.59. The maximum absolute atomic E-state index is 9.75. The van der Waals surface area contributed by atoms with Crippen LogP contribution in [0.25, 0.3) is 33.6 Å². The van der Waals surface area contributed by atoms with Crippen LogP contribution in [0.15, 0.2) is 103 Å². The molecular formula is C25H25BF4N2. The van der Waals surface area contributed by atoms with Crippen LogP contribution in [0.5, 0.6) is 0 Å². The Morgan fingerprint density at radius 2 is 0.875 bits per heavy atom. The van der Waals surface area contributed by atoms with E-state index in [1.165, 1.54) is 22.3 Å². The Kier molecular flexibility index (Phi) is 9.63. The lowest BCUT2D eigenvalue weighted by molar-refractivity contribution is -0.351. The van der Waals surface area contributed by atoms with Crippen molar-refractivity contribution in [1.29, 1.82) is 0 Å². The molecule has 3 N–H and O–H groups in total. The quantitative estimate of drug-likeness (QED) is 0.277. The molecular weight excluding hydrogens is 415 g/mol. The lowest BCUT2D eigenvalue weighted by atomic mass is 10.00. The van der Waals surface area contributed by atoms with Crippen molar-refractivity contribution >= 4 is 7.25 Å². The zero-order valence-electron chi connectivity index (χ0n) is 17.7. The third-order valence-corrected chi connectivity index (χ3v) is 4.15. The average Bonchev–Trinajstić information content (AvgIpc) is 2.80. The summed E-state index contributed by atoms with van der Waals surface area (Å²) in [5.74, 6) is 0. The zero-order valence-corrected chi connectivity index (χ0v) is 17.7. The second-order valence-electron chi connectivity index (χ2n) is 6.70. The maximum atomic E-state index is 9.75. The van der Waals surface area contributed by atoms with Crippen LogP contribution in [0.1, 0.15) is 6.92 Å². The highest BCUT2D eigenvalue weighted by molar-refractivity contribution is 6.50. The Morgan fingerprint density at radius 1 is 0.594 bits per heavy atom. The van der Waals surface area contributed by atoms with Crippen molar-refractivity contribution in [3.8, 4) is 33.6 Å². The van der Waals surface area contributed by atoms with E-state index in [1.807, 2.05) is 19.1 Å². The van der Waals surface area contributed by atoms with Gasteiger partial charge in [0, 0.05) is 23.3 Å². The largest absolute Gasteiger partial charge is 0.673 e. The van der Waals surface area contributed by atoms with E-state index in [2.05, 4.69) is 96.0 Å². The summed E-state index contributed by atoms with van der Waals surface area (Å²) < 4.78 is 39.0. The molecule has 2 nitrogen and oxygen atoms in total. The molecule has 7 heteroatoms. The molecule has 0 saturated heterocycles. The Balaban J connectivity index is 0.000000395. The summed E-state index contributed by atoms with van der Waals surface area (Å²) in [6, 6.07) is 35.9. The van der Waals surface area contributed by atoms with Gasteiger partial charge in [-0.15, -0.1) is 0 Å². The molecule has 0 bridgehead atoms. The molecule has 0 aliphatic heterocycles. The lowest BCUT2D eigenvalue weighted by Gasteiger charge is -2.05. The normalized spacial score (nSPS) is 10.3. The predicted octanol–water partition coefficient (Wildman–Crippen LogP) is 6.77. The van der Waals surface area contributed by atoms with Gasteiger partial charge < -0.3 is 23.0 Å². The lowest BCUT2D eigenvalue weighted by Crippen LogP contribution is -2.11. The van der Waals surface area contributed by atoms with E-state index in [-0.39, 0.29) is 0 Å². The number of hydrogen-bond donors (Lipinski definition) is 1. The van der Waals surface area contributed by atoms with Crippen LogP contribution in [0.3, 0.4) is 0 Å². The van der Waals surface area contributed by atoms with Crippen LogP contribution in [0, 0.1) is 0 Å². The standard InChI is InChI=1S/C23H17N.C2H7N.BF4/c1-4-10-18(11-5-1)21-16-22(19-12-6-2-7-13-19)24-23(17-21)20-14-8-3-9-15-20;1-2-3;2-1(3,4)5/h1-17H;2-3H2,1H3;/q;;-1/p+1. The molecule has 0 saturated carbocycles. The number of rotatable bonds is 3. The van der Waals surface area contributed by atoms with Crippen LogP contribution in [0.2, 0.25) is 0 Å². The number of hydrogen-bond acceptors (Lipinski definition) is 1. The molecule has 0 unspecified atom stereocenters. The average molecular weight is 440 g/mol. The van der Waals surface area contributed by atoms with Gasteiger partial charge in [-0.3, -0.25) is 0 Å². The van der Waals surface area contributed by atoms with E-state index in [4.69, 9.17) is 5.73 Å². The number of halogens is 4. The number of pyridine rings is 1. The van der Waals surface area contributed by atoms with Crippen molar-refractivity contribution < 1.29 is 22.2 Å². The van der Waals surface area contributed by atoms with E-state index < -0.39 is 7.25 Å². The number of aromatic amines is 1. The van der Waals surface area contributed by atoms with Crippen molar-refractivity contribution in [3.05, 3.63) is 103 Å². The van der Waals surface area contributed by atoms with Gasteiger partial charge >= 0.3 is 7.25 Å². The summed E-state index contributed by atoms with van der Waals surface area (Å²) in [6.07, 6.45) is 0. The highest BCUT2D eigenvalue weighted by Crippen LogP contribution is 2.27. The molecule has 32 heavy (non-hydrogen) atoms. The smallest absolute Gasteiger partial charge is 0.418 e. The van der Waals surface area contributed by atoms with Crippen molar-refractivity contribution in [2.24, 2.45) is 5.73 Å². The van der Waals surface area contributed by atoms with Gasteiger partial charge in [0.1, 0.15) is 0 Å². The monoisotopic (exact) mass is 440 g/mol. The first-order valence-corrected chi connectivity index (χ1v) is 10.1. The zero-order chi connectivity index (χ0) is 23.4. The number of benzene rings is 3. The summed E-state index contributed by atoms with van der Waals surface area (Å²) >= 11 is 0. The summed E-state index contributed by atoms with van der Waals surface area (Å²) in [5.41, 5.74) is 11.9. The molecule has 0 radical (unpaired) electrons. The van der Waals surface area contributed by atoms with Gasteiger partial charge in [-0.25, -0.2) is 4.98 Å². The number of aromatic nitrogens is 1. The van der Waals surface area contributed by atoms with Crippen LogP contribution < -0.4 is 10.7 Å². The first kappa shape index (κ1) is 24.8. The highest BCUT2D eigenvalue weighted by Gasteiger charge is 2.20. The summed E-state index contributed by atoms with van der Waals surface area (Å²) in [7, 11) is -6.00. The molecule has 166 valence electrons. The predicted molar refractivity (Wildman–Crippen MR) is 124 cm³/mol. The minimum atomic E-state index is -6.00. The molecule has 1 heterocycles. The Morgan fingerprint density at radius 3 is 1.19 bits per heavy atom. The third kappa shape index (κ3) is 8.74. The SMILES string of the molecule is CCN.F[B-](F)(F)F.c1ccc(-c2cc(-c3ccccc3)[nH+]c(-c3ccccc3)c2)cc1. The van der Waals surface area contributed by atoms with E-state index in [9.17, 15) is 17.3 Å². The maximum Gasteiger partial charge on any atom is 0.673 e. The second-order valence-corrected chi connectivity index (χ2v) is 6.70. The minimum Gasteiger partial charge on any atom is -0.418 e. The van der Waals surface area contributed by atoms with Crippen molar-refractivity contribution in [2.45, 2.75) is 6.92 Å². The van der Waals surface area contributed by atoms with E-state index >= 15 is 0 Å². The molecule has 0 aliphatic carbocycles. The van der Waals surface area contributed by atoms with Gasteiger partial charge in [0.2, 0.25) is 11.4 Å². The fourth-order valence-electron chi connectivity index (χ4n) is 2.91. The van der Waals surface area contributed by atoms with Crippen LogP contribution in [-0.2, 0) is 0 Å². The third-order valence-electron chi connectivity index (χ3n) is 4.15. The van der Waals surface area contributed by atoms with Gasteiger partial charge in [-0.2, -0.15) is 0 Å². The first-order valence-electron chi connectivity index (χ1n) is 10.1. The van der Waals surface area contributed by atoms with Crippen molar-refractivity contribution in [1.82, 2.24) is 0 Å². The summed E-state index contributed by atoms with van der Waals surface area (Å²) in [6.45, 7) is 2.65. The number of nitrogens with two attached hydrogens (primary N) is 1. The van der Waals surface area contributed by atoms with E-state index in [1.54, 1.807) is 0 Å². The fraction of sp³-hybridized carbons (Fsp3) is 0.0800. The molecule has 1 aromatic heterocycles. The van der Waals surface area contributed by atoms with Crippen LogP contribution in [0.4, 0.5) is 17.3 Å².